The van der Waals surface area contributed by atoms with E-state index >= 15 is 0 Å². The highest BCUT2D eigenvalue weighted by Crippen LogP contribution is 2.32. The van der Waals surface area contributed by atoms with E-state index in [9.17, 15) is 8.78 Å². The summed E-state index contributed by atoms with van der Waals surface area (Å²) in [5, 5.41) is 3.19. The molecule has 0 aliphatic carbocycles. The maximum atomic E-state index is 14.2. The van der Waals surface area contributed by atoms with Gasteiger partial charge in [-0.25, -0.2) is 8.78 Å². The van der Waals surface area contributed by atoms with Crippen molar-refractivity contribution in [2.75, 3.05) is 19.8 Å². The highest BCUT2D eigenvalue weighted by Gasteiger charge is 2.31. The summed E-state index contributed by atoms with van der Waals surface area (Å²) in [7, 11) is 0. The average Bonchev–Trinajstić information content (AvgIpc) is 2.87. The molecular weight excluding hydrogens is 236 g/mol. The van der Waals surface area contributed by atoms with Gasteiger partial charge in [0.1, 0.15) is 11.6 Å². The molecule has 1 aliphatic rings. The summed E-state index contributed by atoms with van der Waals surface area (Å²) in [5.41, 5.74) is 0.639. The summed E-state index contributed by atoms with van der Waals surface area (Å²) in [6.45, 7) is 5.50. The fraction of sp³-hybridized carbons (Fsp3) is 0.571. The zero-order chi connectivity index (χ0) is 13.1. The molecule has 0 aromatic heterocycles. The number of ether oxygens (including phenoxy) is 1. The average molecular weight is 255 g/mol. The van der Waals surface area contributed by atoms with Crippen LogP contribution >= 0.6 is 0 Å². The summed E-state index contributed by atoms with van der Waals surface area (Å²) < 4.78 is 33.4. The first kappa shape index (κ1) is 13.4. The van der Waals surface area contributed by atoms with Crippen LogP contribution in [-0.4, -0.2) is 19.8 Å². The van der Waals surface area contributed by atoms with Gasteiger partial charge in [0.25, 0.3) is 0 Å². The first-order valence-corrected chi connectivity index (χ1v) is 6.40. The second kappa shape index (κ2) is 5.76. The van der Waals surface area contributed by atoms with Crippen LogP contribution in [0.1, 0.15) is 30.5 Å². The van der Waals surface area contributed by atoms with E-state index in [1.807, 2.05) is 6.92 Å². The lowest BCUT2D eigenvalue weighted by atomic mass is 9.90. The summed E-state index contributed by atoms with van der Waals surface area (Å²) in [6.07, 6.45) is 0.838. The zero-order valence-corrected chi connectivity index (χ0v) is 10.8. The molecule has 0 spiro atoms. The van der Waals surface area contributed by atoms with E-state index in [-0.39, 0.29) is 17.5 Å². The Morgan fingerprint density at radius 2 is 2.22 bits per heavy atom. The highest BCUT2D eigenvalue weighted by atomic mass is 19.1. The molecule has 0 radical (unpaired) electrons. The van der Waals surface area contributed by atoms with Crippen LogP contribution in [0.25, 0.3) is 0 Å². The summed E-state index contributed by atoms with van der Waals surface area (Å²) in [4.78, 5) is 0. The van der Waals surface area contributed by atoms with Gasteiger partial charge in [-0.15, -0.1) is 0 Å². The molecule has 0 bridgehead atoms. The lowest BCUT2D eigenvalue weighted by Crippen LogP contribution is -2.30. The summed E-state index contributed by atoms with van der Waals surface area (Å²) >= 11 is 0. The molecule has 2 rings (SSSR count). The van der Waals surface area contributed by atoms with E-state index < -0.39 is 11.6 Å². The van der Waals surface area contributed by atoms with Crippen molar-refractivity contribution in [1.82, 2.24) is 5.32 Å². The topological polar surface area (TPSA) is 21.3 Å². The minimum atomic E-state index is -0.476. The van der Waals surface area contributed by atoms with E-state index in [0.717, 1.165) is 6.42 Å². The number of aryl methyl sites for hydroxylation is 1. The van der Waals surface area contributed by atoms with Crippen LogP contribution in [0.5, 0.6) is 0 Å². The number of hydrogen-bond donors (Lipinski definition) is 1. The van der Waals surface area contributed by atoms with Crippen LogP contribution in [0, 0.1) is 24.5 Å². The van der Waals surface area contributed by atoms with E-state index in [4.69, 9.17) is 4.74 Å². The number of nitrogens with one attached hydrogen (secondary N) is 1. The quantitative estimate of drug-likeness (QED) is 0.893. The molecule has 1 aromatic rings. The monoisotopic (exact) mass is 255 g/mol. The van der Waals surface area contributed by atoms with Crippen molar-refractivity contribution in [3.8, 4) is 0 Å². The maximum Gasteiger partial charge on any atom is 0.133 e. The highest BCUT2D eigenvalue weighted by molar-refractivity contribution is 5.30. The lowest BCUT2D eigenvalue weighted by molar-refractivity contribution is 0.176. The van der Waals surface area contributed by atoms with Crippen LogP contribution in [0.2, 0.25) is 0 Å². The number of hydrogen-bond acceptors (Lipinski definition) is 2. The molecule has 2 atom stereocenters. The molecule has 1 aliphatic heterocycles. The minimum absolute atomic E-state index is 0.135. The smallest absolute Gasteiger partial charge is 0.133 e. The molecule has 1 saturated heterocycles. The molecule has 1 heterocycles. The molecule has 2 nitrogen and oxygen atoms in total. The van der Waals surface area contributed by atoms with Gasteiger partial charge in [-0.3, -0.25) is 0 Å². The minimum Gasteiger partial charge on any atom is -0.381 e. The molecule has 1 N–H and O–H groups in total. The molecule has 0 amide bonds. The molecule has 100 valence electrons. The molecule has 18 heavy (non-hydrogen) atoms. The van der Waals surface area contributed by atoms with Crippen molar-refractivity contribution >= 4 is 0 Å². The molecule has 1 fully saturated rings. The van der Waals surface area contributed by atoms with Crippen molar-refractivity contribution in [1.29, 1.82) is 0 Å². The van der Waals surface area contributed by atoms with Crippen molar-refractivity contribution in [2.24, 2.45) is 5.92 Å². The number of rotatable bonds is 4. The first-order chi connectivity index (χ1) is 8.65. The van der Waals surface area contributed by atoms with Gasteiger partial charge in [0.05, 0.1) is 6.61 Å². The molecule has 0 saturated carbocycles. The van der Waals surface area contributed by atoms with Gasteiger partial charge in [-0.1, -0.05) is 13.0 Å². The Morgan fingerprint density at radius 1 is 1.44 bits per heavy atom. The second-order valence-electron chi connectivity index (χ2n) is 4.75. The van der Waals surface area contributed by atoms with Crippen molar-refractivity contribution in [3.63, 3.8) is 0 Å². The van der Waals surface area contributed by atoms with Gasteiger partial charge in [-0.05, 0) is 31.5 Å². The molecular formula is C14H19F2NO. The maximum absolute atomic E-state index is 14.2. The predicted molar refractivity (Wildman–Crippen MR) is 66.4 cm³/mol. The third kappa shape index (κ3) is 2.54. The molecule has 1 aromatic carbocycles. The van der Waals surface area contributed by atoms with Crippen molar-refractivity contribution < 1.29 is 13.5 Å². The van der Waals surface area contributed by atoms with Crippen molar-refractivity contribution in [3.05, 3.63) is 34.9 Å². The second-order valence-corrected chi connectivity index (χ2v) is 4.75. The van der Waals surface area contributed by atoms with Gasteiger partial charge in [0, 0.05) is 24.1 Å². The fourth-order valence-electron chi connectivity index (χ4n) is 2.50. The van der Waals surface area contributed by atoms with E-state index in [0.29, 0.717) is 25.3 Å². The Morgan fingerprint density at radius 3 is 2.83 bits per heavy atom. The Bertz CT molecular complexity index is 417. The van der Waals surface area contributed by atoms with Gasteiger partial charge in [0.2, 0.25) is 0 Å². The third-order valence-electron chi connectivity index (χ3n) is 3.49. The van der Waals surface area contributed by atoms with E-state index in [2.05, 4.69) is 5.32 Å². The first-order valence-electron chi connectivity index (χ1n) is 6.40. The lowest BCUT2D eigenvalue weighted by Gasteiger charge is -2.25. The Kier molecular flexibility index (Phi) is 4.30. The zero-order valence-electron chi connectivity index (χ0n) is 10.8. The van der Waals surface area contributed by atoms with Crippen LogP contribution in [-0.2, 0) is 4.74 Å². The number of halogens is 2. The largest absolute Gasteiger partial charge is 0.381 e. The Labute approximate surface area is 106 Å². The standard InChI is InChI=1S/C14H19F2NO/c1-3-17-14(10-6-7-18-8-10)12-11(15)5-4-9(2)13(12)16/h4-5,10,14,17H,3,6-8H2,1-2H3. The van der Waals surface area contributed by atoms with Gasteiger partial charge >= 0.3 is 0 Å². The molecule has 2 unspecified atom stereocenters. The normalized spacial score (nSPS) is 21.2. The van der Waals surface area contributed by atoms with Crippen LogP contribution < -0.4 is 5.32 Å². The fourth-order valence-corrected chi connectivity index (χ4v) is 2.50. The van der Waals surface area contributed by atoms with Crippen LogP contribution in [0.3, 0.4) is 0 Å². The van der Waals surface area contributed by atoms with Gasteiger partial charge in [-0.2, -0.15) is 0 Å². The Hall–Kier alpha value is -1.00. The van der Waals surface area contributed by atoms with E-state index in [1.165, 1.54) is 12.1 Å². The molecule has 4 heteroatoms. The van der Waals surface area contributed by atoms with Crippen molar-refractivity contribution in [2.45, 2.75) is 26.3 Å². The van der Waals surface area contributed by atoms with Crippen LogP contribution in [0.4, 0.5) is 8.78 Å². The predicted octanol–water partition coefficient (Wildman–Crippen LogP) is 2.96. The van der Waals surface area contributed by atoms with Gasteiger partial charge in [0.15, 0.2) is 0 Å². The van der Waals surface area contributed by atoms with E-state index in [1.54, 1.807) is 6.92 Å². The SMILES string of the molecule is CCNC(c1c(F)ccc(C)c1F)C1CCOC1. The summed E-state index contributed by atoms with van der Waals surface area (Å²) in [5.74, 6) is -0.778. The van der Waals surface area contributed by atoms with Crippen LogP contribution in [0.15, 0.2) is 12.1 Å². The third-order valence-corrected chi connectivity index (χ3v) is 3.49. The number of benzene rings is 1. The summed E-state index contributed by atoms with van der Waals surface area (Å²) in [6, 6.07) is 2.51. The Balaban J connectivity index is 2.38. The van der Waals surface area contributed by atoms with Gasteiger partial charge < -0.3 is 10.1 Å².